The lowest BCUT2D eigenvalue weighted by molar-refractivity contribution is 0.0806. The van der Waals surface area contributed by atoms with Crippen LogP contribution in [0, 0.1) is 0 Å². The Bertz CT molecular complexity index is 386. The molecular weight excluding hydrogens is 270 g/mol. The zero-order chi connectivity index (χ0) is 15.5. The van der Waals surface area contributed by atoms with Crippen molar-refractivity contribution < 1.29 is 19.3 Å². The summed E-state index contributed by atoms with van der Waals surface area (Å²) < 4.78 is 15.5. The third-order valence-electron chi connectivity index (χ3n) is 3.36. The van der Waals surface area contributed by atoms with Crippen molar-refractivity contribution in [3.05, 3.63) is 29.8 Å². The molecule has 21 heavy (non-hydrogen) atoms. The molecule has 1 unspecified atom stereocenters. The molecule has 0 bridgehead atoms. The van der Waals surface area contributed by atoms with Crippen molar-refractivity contribution >= 4 is 0 Å². The van der Waals surface area contributed by atoms with Crippen molar-refractivity contribution in [2.45, 2.75) is 12.5 Å². The smallest absolute Gasteiger partial charge is 0.124 e. The van der Waals surface area contributed by atoms with Crippen LogP contribution in [-0.2, 0) is 9.47 Å². The number of nitrogens with zero attached hydrogens (tertiary/aromatic N) is 1. The maximum Gasteiger partial charge on any atom is 0.124 e. The van der Waals surface area contributed by atoms with Crippen LogP contribution in [0.1, 0.15) is 18.1 Å². The van der Waals surface area contributed by atoms with E-state index in [9.17, 15) is 5.11 Å². The first-order chi connectivity index (χ1) is 10.2. The Kier molecular flexibility index (Phi) is 9.01. The number of methoxy groups -OCH3 is 3. The molecule has 120 valence electrons. The predicted octanol–water partition coefficient (Wildman–Crippen LogP) is 1.71. The van der Waals surface area contributed by atoms with Crippen molar-refractivity contribution in [3.8, 4) is 5.75 Å². The quantitative estimate of drug-likeness (QED) is 0.630. The van der Waals surface area contributed by atoms with Gasteiger partial charge in [0.1, 0.15) is 5.75 Å². The summed E-state index contributed by atoms with van der Waals surface area (Å²) in [7, 11) is 5.00. The summed E-state index contributed by atoms with van der Waals surface area (Å²) >= 11 is 0. The van der Waals surface area contributed by atoms with Gasteiger partial charge in [0.2, 0.25) is 0 Å². The molecule has 0 amide bonds. The van der Waals surface area contributed by atoms with Crippen LogP contribution in [0.5, 0.6) is 5.75 Å². The molecule has 0 radical (unpaired) electrons. The lowest BCUT2D eigenvalue weighted by atomic mass is 10.1. The van der Waals surface area contributed by atoms with E-state index in [2.05, 4.69) is 4.90 Å². The standard InChI is InChI=1S/C16H27NO4/c1-19-11-6-9-17(10-12-20-2)13-15(18)14-7-4-5-8-16(14)21-3/h4-5,7-8,15,18H,6,9-13H2,1-3H3. The third-order valence-corrected chi connectivity index (χ3v) is 3.36. The van der Waals surface area contributed by atoms with E-state index in [1.807, 2.05) is 24.3 Å². The molecular formula is C16H27NO4. The summed E-state index contributed by atoms with van der Waals surface area (Å²) in [5.74, 6) is 0.716. The minimum Gasteiger partial charge on any atom is -0.496 e. The van der Waals surface area contributed by atoms with Crippen molar-refractivity contribution in [1.82, 2.24) is 4.90 Å². The van der Waals surface area contributed by atoms with Gasteiger partial charge in [0.15, 0.2) is 0 Å². The highest BCUT2D eigenvalue weighted by atomic mass is 16.5. The van der Waals surface area contributed by atoms with E-state index in [1.165, 1.54) is 0 Å². The first kappa shape index (κ1) is 17.9. The van der Waals surface area contributed by atoms with E-state index >= 15 is 0 Å². The Balaban J connectivity index is 2.62. The summed E-state index contributed by atoms with van der Waals surface area (Å²) in [6, 6.07) is 7.57. The maximum atomic E-state index is 10.5. The van der Waals surface area contributed by atoms with Crippen molar-refractivity contribution in [2.24, 2.45) is 0 Å². The molecule has 0 fully saturated rings. The van der Waals surface area contributed by atoms with E-state index in [1.54, 1.807) is 21.3 Å². The monoisotopic (exact) mass is 297 g/mol. The fourth-order valence-corrected chi connectivity index (χ4v) is 2.23. The number of para-hydroxylation sites is 1. The van der Waals surface area contributed by atoms with Crippen LogP contribution in [0.4, 0.5) is 0 Å². The van der Waals surface area contributed by atoms with E-state index in [-0.39, 0.29) is 0 Å². The summed E-state index contributed by atoms with van der Waals surface area (Å²) in [4.78, 5) is 2.18. The molecule has 0 aliphatic carbocycles. The third kappa shape index (κ3) is 6.44. The van der Waals surface area contributed by atoms with Crippen LogP contribution in [0.2, 0.25) is 0 Å². The highest BCUT2D eigenvalue weighted by Gasteiger charge is 2.16. The largest absolute Gasteiger partial charge is 0.496 e. The number of ether oxygens (including phenoxy) is 3. The summed E-state index contributed by atoms with van der Waals surface area (Å²) in [6.07, 6.45) is 0.347. The molecule has 1 atom stereocenters. The average molecular weight is 297 g/mol. The molecule has 0 saturated heterocycles. The molecule has 1 aromatic carbocycles. The van der Waals surface area contributed by atoms with Crippen LogP contribution in [0.15, 0.2) is 24.3 Å². The second-order valence-electron chi connectivity index (χ2n) is 4.90. The second-order valence-corrected chi connectivity index (χ2v) is 4.90. The molecule has 0 aliphatic rings. The number of aliphatic hydroxyl groups excluding tert-OH is 1. The van der Waals surface area contributed by atoms with Crippen LogP contribution >= 0.6 is 0 Å². The van der Waals surface area contributed by atoms with Gasteiger partial charge in [-0.3, -0.25) is 4.90 Å². The lowest BCUT2D eigenvalue weighted by Crippen LogP contribution is -2.33. The van der Waals surface area contributed by atoms with Gasteiger partial charge >= 0.3 is 0 Å². The topological polar surface area (TPSA) is 51.2 Å². The van der Waals surface area contributed by atoms with E-state index < -0.39 is 6.10 Å². The van der Waals surface area contributed by atoms with Gasteiger partial charge in [0.05, 0.1) is 19.8 Å². The number of hydrogen-bond acceptors (Lipinski definition) is 5. The molecule has 0 saturated carbocycles. The van der Waals surface area contributed by atoms with Crippen molar-refractivity contribution in [3.63, 3.8) is 0 Å². The Hall–Kier alpha value is -1.14. The van der Waals surface area contributed by atoms with Crippen molar-refractivity contribution in [2.75, 3.05) is 54.2 Å². The maximum absolute atomic E-state index is 10.5. The van der Waals surface area contributed by atoms with Gasteiger partial charge in [-0.15, -0.1) is 0 Å². The highest BCUT2D eigenvalue weighted by Crippen LogP contribution is 2.25. The summed E-state index contributed by atoms with van der Waals surface area (Å²) in [6.45, 7) is 3.56. The Morgan fingerprint density at radius 1 is 1.05 bits per heavy atom. The molecule has 1 rings (SSSR count). The normalized spacial score (nSPS) is 12.6. The van der Waals surface area contributed by atoms with E-state index in [4.69, 9.17) is 14.2 Å². The van der Waals surface area contributed by atoms with Crippen LogP contribution in [0.25, 0.3) is 0 Å². The van der Waals surface area contributed by atoms with Gasteiger partial charge in [-0.1, -0.05) is 18.2 Å². The number of rotatable bonds is 11. The fraction of sp³-hybridized carbons (Fsp3) is 0.625. The lowest BCUT2D eigenvalue weighted by Gasteiger charge is -2.25. The van der Waals surface area contributed by atoms with Crippen LogP contribution in [0.3, 0.4) is 0 Å². The Labute approximate surface area is 127 Å². The number of benzene rings is 1. The second kappa shape index (κ2) is 10.6. The first-order valence-electron chi connectivity index (χ1n) is 7.24. The molecule has 0 aromatic heterocycles. The zero-order valence-corrected chi connectivity index (χ0v) is 13.2. The Morgan fingerprint density at radius 2 is 1.76 bits per heavy atom. The fourth-order valence-electron chi connectivity index (χ4n) is 2.23. The molecule has 1 aromatic rings. The average Bonchev–Trinajstić information content (AvgIpc) is 2.52. The summed E-state index contributed by atoms with van der Waals surface area (Å²) in [5, 5.41) is 10.5. The van der Waals surface area contributed by atoms with Gasteiger partial charge in [0.25, 0.3) is 0 Å². The minimum absolute atomic E-state index is 0.549. The molecule has 1 N–H and O–H groups in total. The van der Waals surface area contributed by atoms with E-state index in [0.717, 1.165) is 25.1 Å². The number of hydrogen-bond donors (Lipinski definition) is 1. The van der Waals surface area contributed by atoms with Gasteiger partial charge in [-0.05, 0) is 12.5 Å². The van der Waals surface area contributed by atoms with Crippen molar-refractivity contribution in [1.29, 1.82) is 0 Å². The molecule has 5 nitrogen and oxygen atoms in total. The van der Waals surface area contributed by atoms with Gasteiger partial charge in [-0.25, -0.2) is 0 Å². The predicted molar refractivity (Wildman–Crippen MR) is 82.8 cm³/mol. The molecule has 0 spiro atoms. The minimum atomic E-state index is -0.583. The SMILES string of the molecule is COCCCN(CCOC)CC(O)c1ccccc1OC. The first-order valence-corrected chi connectivity index (χ1v) is 7.24. The number of aliphatic hydroxyl groups is 1. The van der Waals surface area contributed by atoms with Crippen LogP contribution < -0.4 is 4.74 Å². The van der Waals surface area contributed by atoms with Gasteiger partial charge in [0, 0.05) is 46.0 Å². The van der Waals surface area contributed by atoms with Crippen LogP contribution in [-0.4, -0.2) is 64.2 Å². The van der Waals surface area contributed by atoms with Gasteiger partial charge < -0.3 is 19.3 Å². The molecule has 0 aliphatic heterocycles. The zero-order valence-electron chi connectivity index (χ0n) is 13.2. The summed E-state index contributed by atoms with van der Waals surface area (Å²) in [5.41, 5.74) is 0.814. The molecule has 0 heterocycles. The molecule has 5 heteroatoms. The highest BCUT2D eigenvalue weighted by molar-refractivity contribution is 5.35. The van der Waals surface area contributed by atoms with Gasteiger partial charge in [-0.2, -0.15) is 0 Å². The Morgan fingerprint density at radius 3 is 2.43 bits per heavy atom. The van der Waals surface area contributed by atoms with E-state index in [0.29, 0.717) is 25.5 Å².